The lowest BCUT2D eigenvalue weighted by atomic mass is 10.1. The Kier molecular flexibility index (Phi) is 7.50. The minimum Gasteiger partial charge on any atom is -0.496 e. The van der Waals surface area contributed by atoms with Crippen LogP contribution in [0.15, 0.2) is 77.7 Å². The van der Waals surface area contributed by atoms with Gasteiger partial charge in [0.05, 0.1) is 18.6 Å². The number of nitrogens with one attached hydrogen (secondary N) is 1. The highest BCUT2D eigenvalue weighted by molar-refractivity contribution is 7.89. The molecular formula is C24H26N2O5S. The van der Waals surface area contributed by atoms with Crippen LogP contribution in [-0.2, 0) is 16.6 Å². The molecule has 0 aliphatic heterocycles. The molecule has 0 spiro atoms. The van der Waals surface area contributed by atoms with Crippen molar-refractivity contribution in [2.75, 3.05) is 26.1 Å². The molecule has 0 saturated carbocycles. The van der Waals surface area contributed by atoms with Crippen LogP contribution in [0.2, 0.25) is 0 Å². The molecule has 0 saturated heterocycles. The Bertz CT molecular complexity index is 1160. The van der Waals surface area contributed by atoms with Gasteiger partial charge >= 0.3 is 0 Å². The fraction of sp³-hybridized carbons (Fsp3) is 0.208. The van der Waals surface area contributed by atoms with E-state index in [1.807, 2.05) is 6.92 Å². The van der Waals surface area contributed by atoms with Gasteiger partial charge in [0, 0.05) is 30.4 Å². The Hall–Kier alpha value is -3.36. The molecule has 3 aromatic carbocycles. The van der Waals surface area contributed by atoms with Gasteiger partial charge in [0.1, 0.15) is 11.5 Å². The molecule has 0 radical (unpaired) electrons. The number of benzene rings is 3. The van der Waals surface area contributed by atoms with Crippen LogP contribution in [0.3, 0.4) is 0 Å². The monoisotopic (exact) mass is 454 g/mol. The van der Waals surface area contributed by atoms with E-state index in [9.17, 15) is 13.2 Å². The number of carbonyl (C=O) groups excluding carboxylic acids is 1. The van der Waals surface area contributed by atoms with Gasteiger partial charge in [-0.15, -0.1) is 0 Å². The summed E-state index contributed by atoms with van der Waals surface area (Å²) >= 11 is 0. The van der Waals surface area contributed by atoms with Crippen LogP contribution in [0.4, 0.5) is 5.69 Å². The fourth-order valence-electron chi connectivity index (χ4n) is 3.15. The summed E-state index contributed by atoms with van der Waals surface area (Å²) in [5.41, 5.74) is 1.59. The quantitative estimate of drug-likeness (QED) is 0.525. The first-order valence-corrected chi connectivity index (χ1v) is 11.5. The van der Waals surface area contributed by atoms with Gasteiger partial charge in [-0.3, -0.25) is 4.79 Å². The first kappa shape index (κ1) is 23.3. The van der Waals surface area contributed by atoms with E-state index in [0.29, 0.717) is 29.2 Å². The Balaban J connectivity index is 1.79. The summed E-state index contributed by atoms with van der Waals surface area (Å²) in [4.78, 5) is 13.0. The highest BCUT2D eigenvalue weighted by Crippen LogP contribution is 2.25. The third-order valence-corrected chi connectivity index (χ3v) is 6.63. The minimum atomic E-state index is -3.69. The van der Waals surface area contributed by atoms with Crippen LogP contribution < -0.4 is 14.8 Å². The highest BCUT2D eigenvalue weighted by atomic mass is 32.2. The topological polar surface area (TPSA) is 84.9 Å². The van der Waals surface area contributed by atoms with E-state index >= 15 is 0 Å². The average Bonchev–Trinajstić information content (AvgIpc) is 2.81. The van der Waals surface area contributed by atoms with Crippen LogP contribution in [-0.4, -0.2) is 39.4 Å². The molecule has 0 fully saturated rings. The van der Waals surface area contributed by atoms with Gasteiger partial charge < -0.3 is 14.8 Å². The van der Waals surface area contributed by atoms with Crippen LogP contribution in [0, 0.1) is 0 Å². The molecule has 0 aliphatic carbocycles. The van der Waals surface area contributed by atoms with Gasteiger partial charge in [0.2, 0.25) is 10.0 Å². The largest absolute Gasteiger partial charge is 0.496 e. The lowest BCUT2D eigenvalue weighted by Gasteiger charge is -2.19. The third kappa shape index (κ3) is 5.46. The van der Waals surface area contributed by atoms with E-state index < -0.39 is 10.0 Å². The van der Waals surface area contributed by atoms with Crippen molar-refractivity contribution in [3.05, 3.63) is 83.9 Å². The number of ether oxygens (including phenoxy) is 2. The second kappa shape index (κ2) is 10.3. The van der Waals surface area contributed by atoms with E-state index in [-0.39, 0.29) is 17.3 Å². The zero-order valence-corrected chi connectivity index (χ0v) is 19.1. The molecular weight excluding hydrogens is 428 g/mol. The first-order valence-electron chi connectivity index (χ1n) is 10.1. The number of hydrogen-bond donors (Lipinski definition) is 1. The average molecular weight is 455 g/mol. The van der Waals surface area contributed by atoms with Gasteiger partial charge in [-0.2, -0.15) is 4.31 Å². The lowest BCUT2D eigenvalue weighted by Crippen LogP contribution is -2.27. The second-order valence-corrected chi connectivity index (χ2v) is 9.06. The number of carbonyl (C=O) groups is 1. The Morgan fingerprint density at radius 1 is 1.00 bits per heavy atom. The number of nitrogens with zero attached hydrogens (tertiary/aromatic N) is 1. The smallest absolute Gasteiger partial charge is 0.255 e. The Morgan fingerprint density at radius 3 is 2.31 bits per heavy atom. The molecule has 0 aliphatic rings. The summed E-state index contributed by atoms with van der Waals surface area (Å²) in [7, 11) is -0.689. The van der Waals surface area contributed by atoms with Crippen molar-refractivity contribution in [3.63, 3.8) is 0 Å². The van der Waals surface area contributed by atoms with Crippen molar-refractivity contribution >= 4 is 21.6 Å². The van der Waals surface area contributed by atoms with Gasteiger partial charge in [-0.05, 0) is 61.5 Å². The summed E-state index contributed by atoms with van der Waals surface area (Å²) in [6.07, 6.45) is 0. The SMILES string of the molecule is CCOc1ccc(NC(=O)c2ccc(OC)c(CN(C)S(=O)(=O)c3ccccc3)c2)cc1. The number of methoxy groups -OCH3 is 1. The number of hydrogen-bond acceptors (Lipinski definition) is 5. The van der Waals surface area contributed by atoms with E-state index in [2.05, 4.69) is 5.32 Å². The Labute approximate surface area is 188 Å². The van der Waals surface area contributed by atoms with Gasteiger partial charge in [0.25, 0.3) is 5.91 Å². The minimum absolute atomic E-state index is 0.0462. The molecule has 0 heterocycles. The van der Waals surface area contributed by atoms with Crippen molar-refractivity contribution in [1.82, 2.24) is 4.31 Å². The second-order valence-electron chi connectivity index (χ2n) is 7.01. The molecule has 1 amide bonds. The van der Waals surface area contributed by atoms with E-state index in [1.54, 1.807) is 72.8 Å². The van der Waals surface area contributed by atoms with Crippen LogP contribution in [0.25, 0.3) is 0 Å². The zero-order chi connectivity index (χ0) is 23.1. The molecule has 8 heteroatoms. The van der Waals surface area contributed by atoms with Crippen molar-refractivity contribution in [3.8, 4) is 11.5 Å². The molecule has 168 valence electrons. The number of sulfonamides is 1. The van der Waals surface area contributed by atoms with Gasteiger partial charge in [-0.1, -0.05) is 18.2 Å². The van der Waals surface area contributed by atoms with Crippen LogP contribution in [0.5, 0.6) is 11.5 Å². The molecule has 1 N–H and O–H groups in total. The highest BCUT2D eigenvalue weighted by Gasteiger charge is 2.22. The molecule has 0 bridgehead atoms. The molecule has 0 aromatic heterocycles. The van der Waals surface area contributed by atoms with Gasteiger partial charge in [-0.25, -0.2) is 8.42 Å². The van der Waals surface area contributed by atoms with Crippen molar-refractivity contribution in [1.29, 1.82) is 0 Å². The standard InChI is InChI=1S/C24H26N2O5S/c1-4-31-21-13-11-20(12-14-21)25-24(27)18-10-15-23(30-3)19(16-18)17-26(2)32(28,29)22-8-6-5-7-9-22/h5-16H,4,17H2,1-3H3,(H,25,27). The summed E-state index contributed by atoms with van der Waals surface area (Å²) in [6, 6.07) is 20.2. The maximum Gasteiger partial charge on any atom is 0.255 e. The number of rotatable bonds is 9. The first-order chi connectivity index (χ1) is 15.3. The molecule has 0 unspecified atom stereocenters. The van der Waals surface area contributed by atoms with Crippen molar-refractivity contribution < 1.29 is 22.7 Å². The third-order valence-electron chi connectivity index (χ3n) is 4.81. The number of anilines is 1. The van der Waals surface area contributed by atoms with Crippen LogP contribution in [0.1, 0.15) is 22.8 Å². The van der Waals surface area contributed by atoms with Crippen LogP contribution >= 0.6 is 0 Å². The number of amides is 1. The zero-order valence-electron chi connectivity index (χ0n) is 18.2. The molecule has 3 aromatic rings. The summed E-state index contributed by atoms with van der Waals surface area (Å²) in [5.74, 6) is 0.907. The van der Waals surface area contributed by atoms with E-state index in [0.717, 1.165) is 5.75 Å². The predicted molar refractivity (Wildman–Crippen MR) is 124 cm³/mol. The summed E-state index contributed by atoms with van der Waals surface area (Å²) < 4.78 is 37.8. The van der Waals surface area contributed by atoms with Crippen molar-refractivity contribution in [2.45, 2.75) is 18.4 Å². The van der Waals surface area contributed by atoms with E-state index in [4.69, 9.17) is 9.47 Å². The lowest BCUT2D eigenvalue weighted by molar-refractivity contribution is 0.102. The normalized spacial score (nSPS) is 11.2. The molecule has 0 atom stereocenters. The van der Waals surface area contributed by atoms with Gasteiger partial charge in [0.15, 0.2) is 0 Å². The fourth-order valence-corrected chi connectivity index (χ4v) is 4.32. The summed E-state index contributed by atoms with van der Waals surface area (Å²) in [5, 5.41) is 2.83. The maximum atomic E-state index is 12.9. The predicted octanol–water partition coefficient (Wildman–Crippen LogP) is 4.17. The molecule has 32 heavy (non-hydrogen) atoms. The molecule has 3 rings (SSSR count). The van der Waals surface area contributed by atoms with E-state index in [1.165, 1.54) is 18.5 Å². The van der Waals surface area contributed by atoms with Crippen molar-refractivity contribution in [2.24, 2.45) is 0 Å². The Morgan fingerprint density at radius 2 is 1.69 bits per heavy atom. The summed E-state index contributed by atoms with van der Waals surface area (Å²) in [6.45, 7) is 2.51. The molecule has 7 nitrogen and oxygen atoms in total. The maximum absolute atomic E-state index is 12.9.